The minimum absolute atomic E-state index is 0.0551. The van der Waals surface area contributed by atoms with E-state index in [4.69, 9.17) is 5.11 Å². The zero-order valence-electron chi connectivity index (χ0n) is 7.20. The Morgan fingerprint density at radius 3 is 2.54 bits per heavy atom. The zero-order valence-corrected chi connectivity index (χ0v) is 8.79. The number of halogens is 1. The number of benzene rings is 1. The van der Waals surface area contributed by atoms with Gasteiger partial charge in [-0.3, -0.25) is 0 Å². The summed E-state index contributed by atoms with van der Waals surface area (Å²) in [6.45, 7) is 3.67. The average molecular weight is 242 g/mol. The third-order valence-corrected chi connectivity index (χ3v) is 2.21. The first-order valence-corrected chi connectivity index (χ1v) is 4.81. The molecule has 0 bridgehead atoms. The molecule has 13 heavy (non-hydrogen) atoms. The number of aliphatic hydroxyl groups excluding tert-OH is 1. The molecule has 1 aromatic rings. The summed E-state index contributed by atoms with van der Waals surface area (Å²) in [5.74, 6) is 0. The zero-order chi connectivity index (χ0) is 9.68. The number of anilines is 1. The predicted molar refractivity (Wildman–Crippen MR) is 58.8 cm³/mol. The van der Waals surface area contributed by atoms with Gasteiger partial charge in [0.1, 0.15) is 0 Å². The van der Waals surface area contributed by atoms with Crippen molar-refractivity contribution in [3.05, 3.63) is 41.4 Å². The van der Waals surface area contributed by atoms with Gasteiger partial charge in [-0.1, -0.05) is 22.0 Å². The number of hydrogen-bond acceptors (Lipinski definition) is 2. The molecule has 0 aromatic heterocycles. The van der Waals surface area contributed by atoms with Gasteiger partial charge >= 0.3 is 0 Å². The van der Waals surface area contributed by atoms with Crippen LogP contribution < -0.4 is 5.32 Å². The van der Waals surface area contributed by atoms with E-state index in [-0.39, 0.29) is 12.6 Å². The summed E-state index contributed by atoms with van der Waals surface area (Å²) in [5.41, 5.74) is 0.974. The maximum atomic E-state index is 8.90. The van der Waals surface area contributed by atoms with Crippen LogP contribution in [0.25, 0.3) is 0 Å². The van der Waals surface area contributed by atoms with Crippen LogP contribution in [0, 0.1) is 0 Å². The average Bonchev–Trinajstić information content (AvgIpc) is 2.17. The van der Waals surface area contributed by atoms with Gasteiger partial charge in [0.2, 0.25) is 0 Å². The predicted octanol–water partition coefficient (Wildman–Crippen LogP) is 2.41. The van der Waals surface area contributed by atoms with Crippen LogP contribution in [0.2, 0.25) is 0 Å². The number of nitrogens with one attached hydrogen (secondary N) is 1. The summed E-state index contributed by atoms with van der Waals surface area (Å²) in [6, 6.07) is 7.69. The molecule has 0 aliphatic carbocycles. The van der Waals surface area contributed by atoms with Crippen LogP contribution in [0.1, 0.15) is 0 Å². The van der Waals surface area contributed by atoms with Gasteiger partial charge in [0, 0.05) is 10.2 Å². The van der Waals surface area contributed by atoms with Gasteiger partial charge < -0.3 is 10.4 Å². The van der Waals surface area contributed by atoms with Gasteiger partial charge in [0.15, 0.2) is 0 Å². The summed E-state index contributed by atoms with van der Waals surface area (Å²) in [6.07, 6.45) is 1.68. The first kappa shape index (κ1) is 10.3. The molecule has 0 heterocycles. The van der Waals surface area contributed by atoms with E-state index >= 15 is 0 Å². The van der Waals surface area contributed by atoms with Crippen LogP contribution >= 0.6 is 15.9 Å². The van der Waals surface area contributed by atoms with Crippen LogP contribution in [-0.2, 0) is 0 Å². The highest BCUT2D eigenvalue weighted by atomic mass is 79.9. The van der Waals surface area contributed by atoms with Crippen LogP contribution in [0.5, 0.6) is 0 Å². The molecule has 0 amide bonds. The molecule has 0 saturated heterocycles. The fourth-order valence-corrected chi connectivity index (χ4v) is 1.20. The van der Waals surface area contributed by atoms with Crippen molar-refractivity contribution in [2.24, 2.45) is 0 Å². The van der Waals surface area contributed by atoms with E-state index in [0.29, 0.717) is 0 Å². The SMILES string of the molecule is C=CC(CO)Nc1ccc(Br)cc1. The Morgan fingerprint density at radius 2 is 2.08 bits per heavy atom. The number of rotatable bonds is 4. The van der Waals surface area contributed by atoms with Crippen molar-refractivity contribution >= 4 is 21.6 Å². The standard InChI is InChI=1S/C10H12BrNO/c1-2-9(7-13)12-10-5-3-8(11)4-6-10/h2-6,9,12-13H,1,7H2. The van der Waals surface area contributed by atoms with Crippen molar-refractivity contribution in [3.8, 4) is 0 Å². The van der Waals surface area contributed by atoms with E-state index in [1.54, 1.807) is 6.08 Å². The van der Waals surface area contributed by atoms with Gasteiger partial charge in [-0.2, -0.15) is 0 Å². The molecule has 0 radical (unpaired) electrons. The molecular formula is C10H12BrNO. The minimum atomic E-state index is -0.0822. The van der Waals surface area contributed by atoms with Crippen molar-refractivity contribution in [1.29, 1.82) is 0 Å². The van der Waals surface area contributed by atoms with Crippen LogP contribution in [0.15, 0.2) is 41.4 Å². The fourth-order valence-electron chi connectivity index (χ4n) is 0.939. The molecule has 1 unspecified atom stereocenters. The van der Waals surface area contributed by atoms with E-state index < -0.39 is 0 Å². The molecule has 2 nitrogen and oxygen atoms in total. The normalized spacial score (nSPS) is 12.2. The fraction of sp³-hybridized carbons (Fsp3) is 0.200. The topological polar surface area (TPSA) is 32.3 Å². The molecule has 1 atom stereocenters. The van der Waals surface area contributed by atoms with Crippen LogP contribution in [-0.4, -0.2) is 17.8 Å². The maximum Gasteiger partial charge on any atom is 0.0673 e. The van der Waals surface area contributed by atoms with Crippen molar-refractivity contribution in [1.82, 2.24) is 0 Å². The monoisotopic (exact) mass is 241 g/mol. The maximum absolute atomic E-state index is 8.90. The van der Waals surface area contributed by atoms with E-state index in [0.717, 1.165) is 10.2 Å². The largest absolute Gasteiger partial charge is 0.394 e. The van der Waals surface area contributed by atoms with Crippen molar-refractivity contribution in [2.75, 3.05) is 11.9 Å². The molecule has 0 spiro atoms. The molecular weight excluding hydrogens is 230 g/mol. The lowest BCUT2D eigenvalue weighted by Gasteiger charge is -2.12. The summed E-state index contributed by atoms with van der Waals surface area (Å²) in [7, 11) is 0. The Kier molecular flexibility index (Phi) is 3.99. The highest BCUT2D eigenvalue weighted by Gasteiger charge is 2.00. The van der Waals surface area contributed by atoms with Gasteiger partial charge in [0.25, 0.3) is 0 Å². The summed E-state index contributed by atoms with van der Waals surface area (Å²) in [4.78, 5) is 0. The summed E-state index contributed by atoms with van der Waals surface area (Å²) >= 11 is 3.35. The number of hydrogen-bond donors (Lipinski definition) is 2. The third kappa shape index (κ3) is 3.20. The molecule has 2 N–H and O–H groups in total. The van der Waals surface area contributed by atoms with Gasteiger partial charge in [-0.25, -0.2) is 0 Å². The molecule has 0 aliphatic rings. The second-order valence-corrected chi connectivity index (χ2v) is 3.59. The molecule has 3 heteroatoms. The molecule has 1 rings (SSSR count). The van der Waals surface area contributed by atoms with Gasteiger partial charge in [-0.15, -0.1) is 6.58 Å². The quantitative estimate of drug-likeness (QED) is 0.794. The second kappa shape index (κ2) is 5.04. The Hall–Kier alpha value is -0.800. The molecule has 0 fully saturated rings. The Morgan fingerprint density at radius 1 is 1.46 bits per heavy atom. The van der Waals surface area contributed by atoms with E-state index in [2.05, 4.69) is 27.8 Å². The second-order valence-electron chi connectivity index (χ2n) is 2.68. The molecule has 1 aromatic carbocycles. The van der Waals surface area contributed by atoms with Crippen LogP contribution in [0.4, 0.5) is 5.69 Å². The molecule has 70 valence electrons. The lowest BCUT2D eigenvalue weighted by molar-refractivity contribution is 0.291. The first-order chi connectivity index (χ1) is 6.26. The molecule has 0 aliphatic heterocycles. The van der Waals surface area contributed by atoms with Gasteiger partial charge in [0.05, 0.1) is 12.6 Å². The van der Waals surface area contributed by atoms with Crippen LogP contribution in [0.3, 0.4) is 0 Å². The minimum Gasteiger partial charge on any atom is -0.394 e. The van der Waals surface area contributed by atoms with E-state index in [9.17, 15) is 0 Å². The Balaban J connectivity index is 2.63. The third-order valence-electron chi connectivity index (χ3n) is 1.68. The molecule has 0 saturated carbocycles. The number of aliphatic hydroxyl groups is 1. The van der Waals surface area contributed by atoms with E-state index in [1.807, 2.05) is 24.3 Å². The Bertz CT molecular complexity index is 271. The van der Waals surface area contributed by atoms with Crippen molar-refractivity contribution in [2.45, 2.75) is 6.04 Å². The first-order valence-electron chi connectivity index (χ1n) is 4.02. The van der Waals surface area contributed by atoms with E-state index in [1.165, 1.54) is 0 Å². The summed E-state index contributed by atoms with van der Waals surface area (Å²) < 4.78 is 1.04. The lowest BCUT2D eigenvalue weighted by Crippen LogP contribution is -2.20. The van der Waals surface area contributed by atoms with Crippen molar-refractivity contribution < 1.29 is 5.11 Å². The lowest BCUT2D eigenvalue weighted by atomic mass is 10.2. The highest BCUT2D eigenvalue weighted by Crippen LogP contribution is 2.14. The van der Waals surface area contributed by atoms with Crippen molar-refractivity contribution in [3.63, 3.8) is 0 Å². The Labute approximate surface area is 86.4 Å². The van der Waals surface area contributed by atoms with Gasteiger partial charge in [-0.05, 0) is 24.3 Å². The smallest absolute Gasteiger partial charge is 0.0673 e. The highest BCUT2D eigenvalue weighted by molar-refractivity contribution is 9.10. The summed E-state index contributed by atoms with van der Waals surface area (Å²) in [5, 5.41) is 12.0.